The first-order chi connectivity index (χ1) is 21.0. The second-order valence-corrected chi connectivity index (χ2v) is 10.2. The Balaban J connectivity index is 0.000000331. The SMILES string of the molecule is COc1ccc(NC(=O)c2ccc3nnc(C4CN(CC5CC5)CCN4C)n3c2)cc1.O=C(O)C(F)(F)F.O=C(O)C(F)(F)F. The molecule has 2 fully saturated rings. The number of ether oxygens (including phenoxy) is 1. The number of pyridine rings is 1. The fourth-order valence-electron chi connectivity index (χ4n) is 4.19. The molecule has 1 unspecified atom stereocenters. The number of alkyl halides is 6. The maximum Gasteiger partial charge on any atom is 0.490 e. The maximum absolute atomic E-state index is 12.9. The van der Waals surface area contributed by atoms with E-state index in [1.54, 1.807) is 13.2 Å². The second-order valence-electron chi connectivity index (χ2n) is 10.2. The largest absolute Gasteiger partial charge is 0.497 e. The Kier molecular flexibility index (Phi) is 11.3. The molecule has 1 aromatic carbocycles. The van der Waals surface area contributed by atoms with Gasteiger partial charge in [0.1, 0.15) is 5.75 Å². The number of fused-ring (bicyclic) bond motifs is 1. The molecule has 246 valence electrons. The Labute approximate surface area is 252 Å². The van der Waals surface area contributed by atoms with E-state index >= 15 is 0 Å². The Bertz CT molecular complexity index is 1450. The van der Waals surface area contributed by atoms with Crippen LogP contribution in [0.25, 0.3) is 5.65 Å². The van der Waals surface area contributed by atoms with E-state index in [0.717, 1.165) is 48.5 Å². The number of hydrogen-bond donors (Lipinski definition) is 3. The van der Waals surface area contributed by atoms with E-state index < -0.39 is 24.3 Å². The molecule has 0 radical (unpaired) electrons. The molecular weight excluding hydrogens is 618 g/mol. The zero-order valence-electron chi connectivity index (χ0n) is 24.0. The van der Waals surface area contributed by atoms with Crippen LogP contribution < -0.4 is 10.1 Å². The van der Waals surface area contributed by atoms with Gasteiger partial charge in [-0.25, -0.2) is 9.59 Å². The van der Waals surface area contributed by atoms with Gasteiger partial charge < -0.3 is 20.3 Å². The summed E-state index contributed by atoms with van der Waals surface area (Å²) in [4.78, 5) is 35.5. The number of nitrogens with zero attached hydrogens (tertiary/aromatic N) is 5. The molecule has 1 atom stereocenters. The number of anilines is 1. The van der Waals surface area contributed by atoms with Crippen LogP contribution >= 0.6 is 0 Å². The van der Waals surface area contributed by atoms with E-state index in [1.165, 1.54) is 19.4 Å². The van der Waals surface area contributed by atoms with Crippen LogP contribution in [0.4, 0.5) is 32.0 Å². The molecule has 1 saturated heterocycles. The number of rotatable bonds is 6. The van der Waals surface area contributed by atoms with Crippen molar-refractivity contribution in [1.82, 2.24) is 24.4 Å². The highest BCUT2D eigenvalue weighted by atomic mass is 19.4. The van der Waals surface area contributed by atoms with Crippen LogP contribution in [0.15, 0.2) is 42.6 Å². The normalized spacial score (nSPS) is 17.4. The number of nitrogens with one attached hydrogen (secondary N) is 1. The number of carbonyl (C=O) groups excluding carboxylic acids is 1. The van der Waals surface area contributed by atoms with Crippen LogP contribution in [0.3, 0.4) is 0 Å². The molecule has 2 aliphatic rings. The van der Waals surface area contributed by atoms with Gasteiger partial charge in [0, 0.05) is 38.1 Å². The van der Waals surface area contributed by atoms with Gasteiger partial charge in [-0.1, -0.05) is 0 Å². The van der Waals surface area contributed by atoms with Gasteiger partial charge in [0.25, 0.3) is 5.91 Å². The van der Waals surface area contributed by atoms with Crippen LogP contribution in [0.5, 0.6) is 5.75 Å². The first-order valence-electron chi connectivity index (χ1n) is 13.3. The van der Waals surface area contributed by atoms with Crippen LogP contribution in [-0.4, -0.2) is 105 Å². The molecule has 0 bridgehead atoms. The molecule has 18 heteroatoms. The number of methoxy groups -OCH3 is 1. The summed E-state index contributed by atoms with van der Waals surface area (Å²) in [5.74, 6) is -3.18. The number of carbonyl (C=O) groups is 3. The standard InChI is InChI=1S/C23H28N6O2.2C2HF3O2/c1-27-11-12-28(13-16-3-4-16)15-20(27)22-26-25-21-10-5-17(14-29(21)22)23(30)24-18-6-8-19(31-2)9-7-18;2*3-2(4,5)1(6)7/h5-10,14,16,20H,3-4,11-13,15H2,1-2H3,(H,24,30);2*(H,6,7). The van der Waals surface area contributed by atoms with E-state index in [2.05, 4.69) is 32.4 Å². The van der Waals surface area contributed by atoms with Crippen molar-refractivity contribution in [3.8, 4) is 5.75 Å². The third-order valence-electron chi connectivity index (χ3n) is 6.77. The number of carboxylic acids is 2. The molecule has 12 nitrogen and oxygen atoms in total. The molecular formula is C27H30F6N6O6. The molecule has 3 heterocycles. The quantitative estimate of drug-likeness (QED) is 0.336. The zero-order valence-corrected chi connectivity index (χ0v) is 24.0. The van der Waals surface area contributed by atoms with Crippen molar-refractivity contribution in [3.05, 3.63) is 54.0 Å². The fraction of sp³-hybridized carbons (Fsp3) is 0.444. The minimum Gasteiger partial charge on any atom is -0.497 e. The third kappa shape index (κ3) is 10.3. The van der Waals surface area contributed by atoms with Gasteiger partial charge in [-0.05, 0) is 62.2 Å². The topological polar surface area (TPSA) is 150 Å². The monoisotopic (exact) mass is 648 g/mol. The molecule has 1 aliphatic carbocycles. The van der Waals surface area contributed by atoms with Crippen molar-refractivity contribution in [2.75, 3.05) is 45.7 Å². The summed E-state index contributed by atoms with van der Waals surface area (Å²) in [5.41, 5.74) is 2.04. The maximum atomic E-state index is 12.9. The minimum absolute atomic E-state index is 0.155. The molecule has 5 rings (SSSR count). The number of aromatic nitrogens is 3. The summed E-state index contributed by atoms with van der Waals surface area (Å²) in [5, 5.41) is 26.0. The van der Waals surface area contributed by atoms with Crippen LogP contribution in [0.2, 0.25) is 0 Å². The number of aliphatic carboxylic acids is 2. The van der Waals surface area contributed by atoms with Gasteiger partial charge in [0.2, 0.25) is 0 Å². The number of likely N-dealkylation sites (N-methyl/N-ethyl adjacent to an activating group) is 1. The van der Waals surface area contributed by atoms with Crippen molar-refractivity contribution in [3.63, 3.8) is 0 Å². The number of hydrogen-bond acceptors (Lipinski definition) is 8. The third-order valence-corrected chi connectivity index (χ3v) is 6.77. The van der Waals surface area contributed by atoms with E-state index in [9.17, 15) is 31.1 Å². The van der Waals surface area contributed by atoms with Gasteiger partial charge in [-0.15, -0.1) is 10.2 Å². The number of piperazine rings is 1. The lowest BCUT2D eigenvalue weighted by Gasteiger charge is -2.38. The highest BCUT2D eigenvalue weighted by Gasteiger charge is 2.39. The summed E-state index contributed by atoms with van der Waals surface area (Å²) in [6.07, 6.45) is -5.60. The average Bonchev–Trinajstić information content (AvgIpc) is 3.69. The van der Waals surface area contributed by atoms with E-state index in [1.807, 2.05) is 40.9 Å². The summed E-state index contributed by atoms with van der Waals surface area (Å²) in [6.45, 7) is 4.21. The molecule has 0 spiro atoms. The number of carboxylic acid groups (broad SMARTS) is 2. The van der Waals surface area contributed by atoms with Gasteiger partial charge in [-0.2, -0.15) is 26.3 Å². The zero-order chi connectivity index (χ0) is 33.5. The lowest BCUT2D eigenvalue weighted by atomic mass is 10.1. The van der Waals surface area contributed by atoms with E-state index in [4.69, 9.17) is 24.5 Å². The lowest BCUT2D eigenvalue weighted by Crippen LogP contribution is -2.47. The smallest absolute Gasteiger partial charge is 0.490 e. The number of benzene rings is 1. The first-order valence-corrected chi connectivity index (χ1v) is 13.3. The molecule has 3 aromatic rings. The van der Waals surface area contributed by atoms with Crippen LogP contribution in [0, 0.1) is 5.92 Å². The molecule has 2 aromatic heterocycles. The Morgan fingerprint density at radius 3 is 2.02 bits per heavy atom. The lowest BCUT2D eigenvalue weighted by molar-refractivity contribution is -0.193. The van der Waals surface area contributed by atoms with Crippen LogP contribution in [0.1, 0.15) is 35.1 Å². The van der Waals surface area contributed by atoms with Gasteiger partial charge in [-0.3, -0.25) is 19.0 Å². The highest BCUT2D eigenvalue weighted by molar-refractivity contribution is 6.04. The van der Waals surface area contributed by atoms with Crippen molar-refractivity contribution < 1.29 is 55.7 Å². The molecule has 1 saturated carbocycles. The van der Waals surface area contributed by atoms with Gasteiger partial charge >= 0.3 is 24.3 Å². The van der Waals surface area contributed by atoms with Gasteiger partial charge in [0.05, 0.1) is 18.7 Å². The summed E-state index contributed by atoms with van der Waals surface area (Å²) < 4.78 is 70.6. The second kappa shape index (κ2) is 14.6. The Morgan fingerprint density at radius 1 is 0.933 bits per heavy atom. The summed E-state index contributed by atoms with van der Waals surface area (Å²) in [7, 11) is 3.76. The number of halogens is 6. The van der Waals surface area contributed by atoms with Crippen molar-refractivity contribution in [2.45, 2.75) is 31.2 Å². The van der Waals surface area contributed by atoms with Crippen molar-refractivity contribution in [2.24, 2.45) is 5.92 Å². The minimum atomic E-state index is -5.08. The predicted molar refractivity (Wildman–Crippen MR) is 146 cm³/mol. The first kappa shape index (κ1) is 35.0. The Hall–Kier alpha value is -4.45. The summed E-state index contributed by atoms with van der Waals surface area (Å²) >= 11 is 0. The average molecular weight is 649 g/mol. The summed E-state index contributed by atoms with van der Waals surface area (Å²) in [6, 6.07) is 11.1. The predicted octanol–water partition coefficient (Wildman–Crippen LogP) is 3.96. The Morgan fingerprint density at radius 2 is 1.51 bits per heavy atom. The van der Waals surface area contributed by atoms with E-state index in [0.29, 0.717) is 5.56 Å². The van der Waals surface area contributed by atoms with Crippen molar-refractivity contribution >= 4 is 29.2 Å². The van der Waals surface area contributed by atoms with Crippen molar-refractivity contribution in [1.29, 1.82) is 0 Å². The number of amides is 1. The fourth-order valence-corrected chi connectivity index (χ4v) is 4.19. The molecule has 45 heavy (non-hydrogen) atoms. The highest BCUT2D eigenvalue weighted by Crippen LogP contribution is 2.32. The molecule has 1 amide bonds. The molecule has 1 aliphatic heterocycles. The molecule has 3 N–H and O–H groups in total. The van der Waals surface area contributed by atoms with Gasteiger partial charge in [0.15, 0.2) is 11.5 Å². The van der Waals surface area contributed by atoms with E-state index in [-0.39, 0.29) is 11.9 Å². The van der Waals surface area contributed by atoms with Crippen LogP contribution in [-0.2, 0) is 9.59 Å².